The van der Waals surface area contributed by atoms with Crippen molar-refractivity contribution >= 4 is 23.2 Å². The fraction of sp³-hybridized carbons (Fsp3) is 0.111. The molecule has 1 amide bonds. The van der Waals surface area contributed by atoms with Crippen molar-refractivity contribution in [3.8, 4) is 22.8 Å². The number of halogens is 2. The van der Waals surface area contributed by atoms with E-state index in [-0.39, 0.29) is 11.3 Å². The predicted molar refractivity (Wildman–Crippen MR) is 94.4 cm³/mol. The average Bonchev–Trinajstić information content (AvgIpc) is 3.13. The van der Waals surface area contributed by atoms with Gasteiger partial charge >= 0.3 is 0 Å². The maximum Gasteiger partial charge on any atom is 0.261 e. The van der Waals surface area contributed by atoms with Gasteiger partial charge in [0, 0.05) is 17.7 Å². The van der Waals surface area contributed by atoms with Gasteiger partial charge in [0.2, 0.25) is 0 Å². The van der Waals surface area contributed by atoms with Crippen molar-refractivity contribution in [3.05, 3.63) is 59.0 Å². The van der Waals surface area contributed by atoms with Crippen LogP contribution in [0.3, 0.4) is 0 Å². The van der Waals surface area contributed by atoms with Gasteiger partial charge in [-0.2, -0.15) is 0 Å². The lowest BCUT2D eigenvalue weighted by molar-refractivity contribution is 0.102. The average molecular weight is 377 g/mol. The summed E-state index contributed by atoms with van der Waals surface area (Å²) in [6, 6.07) is 8.62. The van der Waals surface area contributed by atoms with Crippen LogP contribution in [0.5, 0.6) is 11.5 Å². The van der Waals surface area contributed by atoms with E-state index < -0.39 is 11.7 Å². The Morgan fingerprint density at radius 2 is 1.85 bits per heavy atom. The molecule has 8 heteroatoms. The highest BCUT2D eigenvalue weighted by Gasteiger charge is 2.20. The molecule has 0 unspecified atom stereocenters. The van der Waals surface area contributed by atoms with Crippen molar-refractivity contribution in [2.24, 2.45) is 0 Å². The molecule has 1 heterocycles. The highest BCUT2D eigenvalue weighted by Crippen LogP contribution is 2.36. The largest absolute Gasteiger partial charge is 0.495 e. The van der Waals surface area contributed by atoms with E-state index in [1.807, 2.05) is 0 Å². The number of nitrogens with zero attached hydrogens (tertiary/aromatic N) is 1. The van der Waals surface area contributed by atoms with Crippen LogP contribution in [0.2, 0.25) is 5.02 Å². The van der Waals surface area contributed by atoms with Crippen LogP contribution in [0.25, 0.3) is 11.3 Å². The zero-order chi connectivity index (χ0) is 18.7. The molecular formula is C18H14ClFN2O4. The number of methoxy groups -OCH3 is 2. The number of amides is 1. The molecule has 0 saturated carbocycles. The number of rotatable bonds is 5. The van der Waals surface area contributed by atoms with Gasteiger partial charge in [0.1, 0.15) is 22.9 Å². The van der Waals surface area contributed by atoms with E-state index >= 15 is 0 Å². The van der Waals surface area contributed by atoms with Gasteiger partial charge in [0.15, 0.2) is 5.76 Å². The Morgan fingerprint density at radius 1 is 1.15 bits per heavy atom. The van der Waals surface area contributed by atoms with Gasteiger partial charge in [-0.3, -0.25) is 4.79 Å². The molecule has 1 aromatic heterocycles. The Labute approximate surface area is 153 Å². The molecule has 0 aliphatic heterocycles. The summed E-state index contributed by atoms with van der Waals surface area (Å²) < 4.78 is 28.7. The molecule has 0 spiro atoms. The fourth-order valence-corrected chi connectivity index (χ4v) is 2.59. The lowest BCUT2D eigenvalue weighted by atomic mass is 10.1. The lowest BCUT2D eigenvalue weighted by Crippen LogP contribution is -2.13. The molecule has 0 radical (unpaired) electrons. The molecule has 0 atom stereocenters. The number of anilines is 1. The summed E-state index contributed by atoms with van der Waals surface area (Å²) in [5.41, 5.74) is 1.08. The highest BCUT2D eigenvalue weighted by atomic mass is 35.5. The Bertz CT molecular complexity index is 941. The minimum atomic E-state index is -0.478. The minimum absolute atomic E-state index is 0.188. The summed E-state index contributed by atoms with van der Waals surface area (Å²) >= 11 is 6.06. The zero-order valence-electron chi connectivity index (χ0n) is 13.9. The number of carbonyl (C=O) groups excluding carboxylic acids is 1. The van der Waals surface area contributed by atoms with Crippen molar-refractivity contribution in [1.29, 1.82) is 0 Å². The summed E-state index contributed by atoms with van der Waals surface area (Å²) in [7, 11) is 2.92. The van der Waals surface area contributed by atoms with Crippen LogP contribution in [0.4, 0.5) is 10.1 Å². The van der Waals surface area contributed by atoms with E-state index in [0.717, 1.165) is 0 Å². The Hall–Kier alpha value is -3.06. The maximum atomic E-state index is 13.1. The molecule has 0 aliphatic rings. The van der Waals surface area contributed by atoms with Gasteiger partial charge in [-0.15, -0.1) is 0 Å². The van der Waals surface area contributed by atoms with Crippen LogP contribution in [0.15, 0.2) is 47.1 Å². The van der Waals surface area contributed by atoms with E-state index in [2.05, 4.69) is 10.5 Å². The second-order valence-corrected chi connectivity index (χ2v) is 5.62. The van der Waals surface area contributed by atoms with E-state index in [4.69, 9.17) is 25.6 Å². The first kappa shape index (κ1) is 17.8. The number of nitrogens with one attached hydrogen (secondary N) is 1. The molecule has 3 rings (SSSR count). The van der Waals surface area contributed by atoms with Gasteiger partial charge in [-0.1, -0.05) is 16.8 Å². The number of hydrogen-bond acceptors (Lipinski definition) is 5. The molecule has 1 N–H and O–H groups in total. The third-order valence-electron chi connectivity index (χ3n) is 3.64. The quantitative estimate of drug-likeness (QED) is 0.714. The third-order valence-corrected chi connectivity index (χ3v) is 3.94. The van der Waals surface area contributed by atoms with Crippen LogP contribution >= 0.6 is 11.6 Å². The van der Waals surface area contributed by atoms with E-state index in [1.54, 1.807) is 6.07 Å². The molecule has 6 nitrogen and oxygen atoms in total. The number of benzene rings is 2. The number of aromatic nitrogens is 1. The van der Waals surface area contributed by atoms with Crippen molar-refractivity contribution in [3.63, 3.8) is 0 Å². The van der Waals surface area contributed by atoms with Crippen molar-refractivity contribution in [2.75, 3.05) is 19.5 Å². The van der Waals surface area contributed by atoms with E-state index in [1.165, 1.54) is 50.7 Å². The molecule has 0 aliphatic carbocycles. The highest BCUT2D eigenvalue weighted by molar-refractivity contribution is 6.32. The normalized spacial score (nSPS) is 10.5. The van der Waals surface area contributed by atoms with Crippen molar-refractivity contribution in [2.45, 2.75) is 0 Å². The molecule has 0 saturated heterocycles. The monoisotopic (exact) mass is 376 g/mol. The summed E-state index contributed by atoms with van der Waals surface area (Å²) in [6.07, 6.45) is 1.29. The van der Waals surface area contributed by atoms with E-state index in [9.17, 15) is 9.18 Å². The Kier molecular flexibility index (Phi) is 5.09. The van der Waals surface area contributed by atoms with Crippen molar-refractivity contribution < 1.29 is 23.2 Å². The third kappa shape index (κ3) is 3.48. The van der Waals surface area contributed by atoms with Gasteiger partial charge in [0.25, 0.3) is 5.91 Å². The van der Waals surface area contributed by atoms with E-state index in [0.29, 0.717) is 27.8 Å². The Morgan fingerprint density at radius 3 is 2.50 bits per heavy atom. The van der Waals surface area contributed by atoms with Crippen LogP contribution < -0.4 is 14.8 Å². The number of ether oxygens (including phenoxy) is 2. The number of hydrogen-bond donors (Lipinski definition) is 1. The predicted octanol–water partition coefficient (Wildman–Crippen LogP) is 4.40. The first-order valence-electron chi connectivity index (χ1n) is 7.47. The van der Waals surface area contributed by atoms with Gasteiger partial charge in [-0.05, 0) is 24.3 Å². The first-order valence-corrected chi connectivity index (χ1v) is 7.84. The Balaban J connectivity index is 1.93. The van der Waals surface area contributed by atoms with Gasteiger partial charge in [0.05, 0.1) is 31.1 Å². The first-order chi connectivity index (χ1) is 12.5. The summed E-state index contributed by atoms with van der Waals surface area (Å²) in [6.45, 7) is 0. The molecule has 0 fully saturated rings. The fourth-order valence-electron chi connectivity index (χ4n) is 2.36. The maximum absolute atomic E-state index is 13.1. The molecule has 2 aromatic carbocycles. The van der Waals surface area contributed by atoms with Crippen LogP contribution in [-0.2, 0) is 0 Å². The van der Waals surface area contributed by atoms with Gasteiger partial charge < -0.3 is 19.3 Å². The molecule has 26 heavy (non-hydrogen) atoms. The van der Waals surface area contributed by atoms with Gasteiger partial charge in [-0.25, -0.2) is 4.39 Å². The second kappa shape index (κ2) is 7.45. The summed E-state index contributed by atoms with van der Waals surface area (Å²) in [5, 5.41) is 6.72. The standard InChI is InChI=1S/C18H14ClFN2O4/c1-24-15-8-14(16(25-2)7-13(15)19)22-18(23)12-9-21-26-17(12)10-3-5-11(20)6-4-10/h3-9H,1-2H3,(H,22,23). The van der Waals surface area contributed by atoms with Crippen LogP contribution in [-0.4, -0.2) is 25.3 Å². The second-order valence-electron chi connectivity index (χ2n) is 5.22. The smallest absolute Gasteiger partial charge is 0.261 e. The number of carbonyl (C=O) groups is 1. The zero-order valence-corrected chi connectivity index (χ0v) is 14.6. The lowest BCUT2D eigenvalue weighted by Gasteiger charge is -2.13. The summed E-state index contributed by atoms with van der Waals surface area (Å²) in [5.74, 6) is 0.101. The van der Waals surface area contributed by atoms with Crippen molar-refractivity contribution in [1.82, 2.24) is 5.16 Å². The SMILES string of the molecule is COc1cc(NC(=O)c2cnoc2-c2ccc(F)cc2)c(OC)cc1Cl. The molecule has 0 bridgehead atoms. The van der Waals surface area contributed by atoms with Crippen LogP contribution in [0, 0.1) is 5.82 Å². The molecule has 3 aromatic rings. The molecule has 134 valence electrons. The van der Waals surface area contributed by atoms with Crippen LogP contribution in [0.1, 0.15) is 10.4 Å². The minimum Gasteiger partial charge on any atom is -0.495 e. The summed E-state index contributed by atoms with van der Waals surface area (Å²) in [4.78, 5) is 12.7. The topological polar surface area (TPSA) is 73.6 Å². The molecular weight excluding hydrogens is 363 g/mol.